The third-order valence-corrected chi connectivity index (χ3v) is 4.10. The van der Waals surface area contributed by atoms with Crippen LogP contribution in [0.3, 0.4) is 0 Å². The van der Waals surface area contributed by atoms with Crippen LogP contribution in [-0.4, -0.2) is 40.3 Å². The molecule has 6 N–H and O–H groups in total. The highest BCUT2D eigenvalue weighted by Crippen LogP contribution is 2.36. The maximum absolute atomic E-state index is 12.3. The molecule has 3 atom stereocenters. The normalized spacial score (nSPS) is 18.7. The second kappa shape index (κ2) is 9.88. The van der Waals surface area contributed by atoms with Crippen LogP contribution < -0.4 is 16.5 Å². The van der Waals surface area contributed by atoms with Crippen LogP contribution in [-0.2, 0) is 4.79 Å². The molecule has 2 amide bonds. The van der Waals surface area contributed by atoms with Crippen LogP contribution in [0.1, 0.15) is 36.2 Å². The van der Waals surface area contributed by atoms with E-state index in [1.807, 2.05) is 0 Å². The molecule has 0 heterocycles. The van der Waals surface area contributed by atoms with E-state index in [1.54, 1.807) is 38.1 Å². The molecular formula is C20H27N3O4. The molecule has 1 fully saturated rings. The van der Waals surface area contributed by atoms with Gasteiger partial charge < -0.3 is 16.2 Å². The zero-order valence-corrected chi connectivity index (χ0v) is 15.7. The number of carbonyl (C=O) groups excluding carboxylic acids is 2. The number of hydroxylamine groups is 1. The number of nitrogens with one attached hydrogen (secondary N) is 2. The first-order valence-corrected chi connectivity index (χ1v) is 8.52. The summed E-state index contributed by atoms with van der Waals surface area (Å²) in [6, 6.07) is 5.55. The first kappa shape index (κ1) is 22.4. The molecule has 0 saturated heterocycles. The number of hydrogen-bond acceptors (Lipinski definition) is 5. The summed E-state index contributed by atoms with van der Waals surface area (Å²) in [4.78, 5) is 24.0. The molecule has 0 spiro atoms. The fourth-order valence-corrected chi connectivity index (χ4v) is 2.38. The van der Waals surface area contributed by atoms with Crippen LogP contribution in [0, 0.1) is 23.7 Å². The van der Waals surface area contributed by atoms with E-state index >= 15 is 0 Å². The summed E-state index contributed by atoms with van der Waals surface area (Å²) in [6.07, 6.45) is 0.924. The summed E-state index contributed by atoms with van der Waals surface area (Å²) in [7, 11) is 0. The number of aliphatic hydroxyl groups excluding tert-OH is 1. The molecule has 1 saturated carbocycles. The van der Waals surface area contributed by atoms with Crippen molar-refractivity contribution in [2.75, 3.05) is 6.61 Å². The van der Waals surface area contributed by atoms with E-state index in [0.717, 1.165) is 12.0 Å². The number of amides is 2. The van der Waals surface area contributed by atoms with E-state index in [2.05, 4.69) is 30.3 Å². The topological polar surface area (TPSA) is 125 Å². The molecule has 146 valence electrons. The summed E-state index contributed by atoms with van der Waals surface area (Å²) in [5, 5.41) is 20.3. The number of hydrogen-bond donors (Lipinski definition) is 5. The van der Waals surface area contributed by atoms with Gasteiger partial charge in [-0.2, -0.15) is 0 Å². The number of benzene rings is 1. The van der Waals surface area contributed by atoms with Crippen molar-refractivity contribution in [2.24, 2.45) is 17.6 Å². The minimum absolute atomic E-state index is 0.165. The minimum atomic E-state index is -1.09. The SMILES string of the molecule is C=C.CC(C)(N)C(NC(=O)c1ccc(C#CC2CC2CO)cc1)C(=O)NO. The van der Waals surface area contributed by atoms with Gasteiger partial charge in [0.1, 0.15) is 6.04 Å². The molecule has 1 aromatic rings. The average Bonchev–Trinajstić information content (AvgIpc) is 3.43. The standard InChI is InChI=1S/C18H23N3O4.C2H4/c1-18(2,19)15(17(24)21-25)20-16(23)12-6-3-11(4-7-12)5-8-13-9-14(13)10-22;1-2/h3-4,6-7,13-15,22,25H,9-10,19H2,1-2H3,(H,20,23)(H,21,24);1-2H2. The van der Waals surface area contributed by atoms with Gasteiger partial charge in [0, 0.05) is 29.2 Å². The Labute approximate surface area is 159 Å². The second-order valence-electron chi connectivity index (χ2n) is 6.84. The summed E-state index contributed by atoms with van der Waals surface area (Å²) in [5.74, 6) is 5.38. The Balaban J connectivity index is 0.00000176. The van der Waals surface area contributed by atoms with Gasteiger partial charge in [0.2, 0.25) is 0 Å². The molecule has 3 unspecified atom stereocenters. The Morgan fingerprint density at radius 2 is 1.93 bits per heavy atom. The lowest BCUT2D eigenvalue weighted by Gasteiger charge is -2.29. The zero-order chi connectivity index (χ0) is 20.6. The molecular weight excluding hydrogens is 346 g/mol. The van der Waals surface area contributed by atoms with Gasteiger partial charge in [-0.3, -0.25) is 14.8 Å². The van der Waals surface area contributed by atoms with Gasteiger partial charge in [0.25, 0.3) is 11.8 Å². The van der Waals surface area contributed by atoms with Gasteiger partial charge in [-0.25, -0.2) is 5.48 Å². The Morgan fingerprint density at radius 3 is 2.37 bits per heavy atom. The van der Waals surface area contributed by atoms with Gasteiger partial charge in [-0.1, -0.05) is 11.8 Å². The first-order valence-electron chi connectivity index (χ1n) is 8.52. The molecule has 1 aromatic carbocycles. The lowest BCUT2D eigenvalue weighted by Crippen LogP contribution is -2.61. The highest BCUT2D eigenvalue weighted by Gasteiger charge is 2.35. The fourth-order valence-electron chi connectivity index (χ4n) is 2.38. The van der Waals surface area contributed by atoms with E-state index in [4.69, 9.17) is 16.0 Å². The van der Waals surface area contributed by atoms with E-state index in [-0.39, 0.29) is 18.4 Å². The third-order valence-electron chi connectivity index (χ3n) is 4.10. The van der Waals surface area contributed by atoms with Crippen molar-refractivity contribution in [1.82, 2.24) is 10.8 Å². The number of carbonyl (C=O) groups is 2. The Hall–Kier alpha value is -2.66. The molecule has 0 aromatic heterocycles. The highest BCUT2D eigenvalue weighted by molar-refractivity contribution is 5.97. The van der Waals surface area contributed by atoms with Crippen LogP contribution in [0.15, 0.2) is 37.4 Å². The maximum atomic E-state index is 12.3. The Bertz CT molecular complexity index is 713. The molecule has 0 radical (unpaired) electrons. The number of rotatable bonds is 5. The molecule has 2 rings (SSSR count). The van der Waals surface area contributed by atoms with Crippen LogP contribution in [0.25, 0.3) is 0 Å². The van der Waals surface area contributed by atoms with Crippen molar-refractivity contribution in [2.45, 2.75) is 31.8 Å². The quantitative estimate of drug-likeness (QED) is 0.226. The van der Waals surface area contributed by atoms with Gasteiger partial charge in [0.15, 0.2) is 0 Å². The van der Waals surface area contributed by atoms with E-state index < -0.39 is 23.4 Å². The number of nitrogens with two attached hydrogens (primary N) is 1. The van der Waals surface area contributed by atoms with Crippen LogP contribution in [0.4, 0.5) is 0 Å². The maximum Gasteiger partial charge on any atom is 0.267 e. The molecule has 0 aliphatic heterocycles. The van der Waals surface area contributed by atoms with Gasteiger partial charge >= 0.3 is 0 Å². The van der Waals surface area contributed by atoms with E-state index in [9.17, 15) is 9.59 Å². The molecule has 1 aliphatic carbocycles. The lowest BCUT2D eigenvalue weighted by atomic mass is 9.95. The van der Waals surface area contributed by atoms with Gasteiger partial charge in [-0.15, -0.1) is 13.2 Å². The van der Waals surface area contributed by atoms with Crippen molar-refractivity contribution < 1.29 is 19.9 Å². The summed E-state index contributed by atoms with van der Waals surface area (Å²) in [6.45, 7) is 9.31. The predicted octanol–water partition coefficient (Wildman–Crippen LogP) is 0.810. The average molecular weight is 373 g/mol. The van der Waals surface area contributed by atoms with Crippen molar-refractivity contribution in [1.29, 1.82) is 0 Å². The predicted molar refractivity (Wildman–Crippen MR) is 103 cm³/mol. The fraction of sp³-hybridized carbons (Fsp3) is 0.400. The van der Waals surface area contributed by atoms with Crippen LogP contribution in [0.2, 0.25) is 0 Å². The van der Waals surface area contributed by atoms with Crippen LogP contribution >= 0.6 is 0 Å². The van der Waals surface area contributed by atoms with E-state index in [0.29, 0.717) is 5.56 Å². The summed E-state index contributed by atoms with van der Waals surface area (Å²) >= 11 is 0. The third kappa shape index (κ3) is 6.53. The number of aliphatic hydroxyl groups is 1. The Kier molecular flexibility index (Phi) is 8.19. The summed E-state index contributed by atoms with van der Waals surface area (Å²) < 4.78 is 0. The minimum Gasteiger partial charge on any atom is -0.396 e. The van der Waals surface area contributed by atoms with Crippen LogP contribution in [0.5, 0.6) is 0 Å². The van der Waals surface area contributed by atoms with Gasteiger partial charge in [0.05, 0.1) is 0 Å². The van der Waals surface area contributed by atoms with E-state index in [1.165, 1.54) is 5.48 Å². The van der Waals surface area contributed by atoms with Crippen molar-refractivity contribution >= 4 is 11.8 Å². The highest BCUT2D eigenvalue weighted by atomic mass is 16.5. The molecule has 27 heavy (non-hydrogen) atoms. The lowest BCUT2D eigenvalue weighted by molar-refractivity contribution is -0.132. The smallest absolute Gasteiger partial charge is 0.267 e. The zero-order valence-electron chi connectivity index (χ0n) is 15.7. The second-order valence-corrected chi connectivity index (χ2v) is 6.84. The van der Waals surface area contributed by atoms with Crippen molar-refractivity contribution in [3.8, 4) is 11.8 Å². The van der Waals surface area contributed by atoms with Gasteiger partial charge in [-0.05, 0) is 50.5 Å². The largest absolute Gasteiger partial charge is 0.396 e. The molecule has 1 aliphatic rings. The van der Waals surface area contributed by atoms with Crippen molar-refractivity contribution in [3.05, 3.63) is 48.6 Å². The first-order chi connectivity index (χ1) is 12.8. The summed E-state index contributed by atoms with van der Waals surface area (Å²) in [5.41, 5.74) is 7.46. The Morgan fingerprint density at radius 1 is 1.33 bits per heavy atom. The molecule has 0 bridgehead atoms. The molecule has 7 nitrogen and oxygen atoms in total. The monoisotopic (exact) mass is 373 g/mol. The molecule has 7 heteroatoms. The van der Waals surface area contributed by atoms with Crippen molar-refractivity contribution in [3.63, 3.8) is 0 Å².